The number of carbonyl (C=O) groups excluding carboxylic acids is 2. The van der Waals surface area contributed by atoms with Gasteiger partial charge in [0.1, 0.15) is 12.4 Å². The van der Waals surface area contributed by atoms with Gasteiger partial charge in [-0.2, -0.15) is 0 Å². The van der Waals surface area contributed by atoms with E-state index in [0.29, 0.717) is 11.4 Å². The maximum atomic E-state index is 11.8. The van der Waals surface area contributed by atoms with Crippen LogP contribution in [0.25, 0.3) is 0 Å². The first-order valence-corrected chi connectivity index (χ1v) is 6.30. The number of nitrogens with zero attached hydrogens (tertiary/aromatic N) is 2. The number of anilines is 2. The van der Waals surface area contributed by atoms with Crippen molar-refractivity contribution in [2.24, 2.45) is 0 Å². The molecule has 0 spiro atoms. The summed E-state index contributed by atoms with van der Waals surface area (Å²) < 4.78 is 0.857. The molecule has 0 atom stereocenters. The molecule has 0 aliphatic carbocycles. The number of amides is 2. The highest BCUT2D eigenvalue weighted by atomic mass is 79.9. The van der Waals surface area contributed by atoms with Crippen LogP contribution < -0.4 is 9.80 Å². The Morgan fingerprint density at radius 3 is 2.82 bits per heavy atom. The van der Waals surface area contributed by atoms with E-state index >= 15 is 0 Å². The van der Waals surface area contributed by atoms with Crippen LogP contribution in [-0.4, -0.2) is 31.3 Å². The summed E-state index contributed by atoms with van der Waals surface area (Å²) in [5, 5.41) is 0. The van der Waals surface area contributed by atoms with Gasteiger partial charge >= 0.3 is 0 Å². The molecule has 1 aliphatic rings. The van der Waals surface area contributed by atoms with Gasteiger partial charge in [0.15, 0.2) is 0 Å². The van der Waals surface area contributed by atoms with Gasteiger partial charge in [0.25, 0.3) is 0 Å². The molecule has 6 heteroatoms. The van der Waals surface area contributed by atoms with E-state index in [4.69, 9.17) is 11.6 Å². The van der Waals surface area contributed by atoms with Crippen LogP contribution in [0.1, 0.15) is 0 Å². The van der Waals surface area contributed by atoms with Gasteiger partial charge in [-0.05, 0) is 18.2 Å². The Balaban J connectivity index is 2.53. The number of benzene rings is 1. The topological polar surface area (TPSA) is 40.6 Å². The van der Waals surface area contributed by atoms with Crippen molar-refractivity contribution in [3.8, 4) is 0 Å². The Hall–Kier alpha value is -1.07. The third-order valence-electron chi connectivity index (χ3n) is 2.67. The largest absolute Gasteiger partial charge is 0.312 e. The summed E-state index contributed by atoms with van der Waals surface area (Å²) in [6.07, 6.45) is 0. The molecule has 1 heterocycles. The Labute approximate surface area is 112 Å². The highest BCUT2D eigenvalue weighted by molar-refractivity contribution is 9.10. The van der Waals surface area contributed by atoms with E-state index in [1.165, 1.54) is 9.80 Å². The second-order valence-electron chi connectivity index (χ2n) is 3.70. The van der Waals surface area contributed by atoms with Gasteiger partial charge in [-0.3, -0.25) is 14.5 Å². The monoisotopic (exact) mass is 316 g/mol. The zero-order chi connectivity index (χ0) is 12.6. The first-order chi connectivity index (χ1) is 8.04. The van der Waals surface area contributed by atoms with Gasteiger partial charge in [0, 0.05) is 11.5 Å². The highest BCUT2D eigenvalue weighted by Crippen LogP contribution is 2.35. The minimum absolute atomic E-state index is 0.0384. The van der Waals surface area contributed by atoms with Crippen LogP contribution in [0.4, 0.5) is 11.4 Å². The number of carbonyl (C=O) groups is 2. The first kappa shape index (κ1) is 12.4. The van der Waals surface area contributed by atoms with Crippen LogP contribution in [0.3, 0.4) is 0 Å². The zero-order valence-electron chi connectivity index (χ0n) is 9.11. The van der Waals surface area contributed by atoms with E-state index in [2.05, 4.69) is 15.9 Å². The molecular weight excluding hydrogens is 307 g/mol. The number of halogens is 2. The molecule has 0 saturated heterocycles. The molecule has 0 saturated carbocycles. The van der Waals surface area contributed by atoms with Crippen molar-refractivity contribution in [1.29, 1.82) is 0 Å². The third-order valence-corrected chi connectivity index (χ3v) is 3.39. The second-order valence-corrected chi connectivity index (χ2v) is 4.88. The quantitative estimate of drug-likeness (QED) is 0.743. The van der Waals surface area contributed by atoms with E-state index in [-0.39, 0.29) is 24.2 Å². The lowest BCUT2D eigenvalue weighted by Crippen LogP contribution is -2.47. The Morgan fingerprint density at radius 2 is 2.18 bits per heavy atom. The summed E-state index contributed by atoms with van der Waals surface area (Å²) >= 11 is 8.89. The second kappa shape index (κ2) is 4.66. The minimum Gasteiger partial charge on any atom is -0.312 e. The standard InChI is InChI=1S/C11H10BrClN2O2/c1-14-9-4-7(12)2-3-8(9)15(6-11(14)17)10(16)5-13/h2-4H,5-6H2,1H3. The third kappa shape index (κ3) is 2.17. The molecule has 1 aromatic rings. The highest BCUT2D eigenvalue weighted by Gasteiger charge is 2.30. The predicted octanol–water partition coefficient (Wildman–Crippen LogP) is 2.00. The van der Waals surface area contributed by atoms with Crippen molar-refractivity contribution in [2.45, 2.75) is 0 Å². The molecule has 1 aromatic carbocycles. The van der Waals surface area contributed by atoms with Crippen molar-refractivity contribution in [1.82, 2.24) is 0 Å². The maximum Gasteiger partial charge on any atom is 0.246 e. The SMILES string of the molecule is CN1C(=O)CN(C(=O)CCl)c2ccc(Br)cc21. The summed E-state index contributed by atoms with van der Waals surface area (Å²) in [6, 6.07) is 5.44. The fourth-order valence-electron chi connectivity index (χ4n) is 1.75. The van der Waals surface area contributed by atoms with E-state index < -0.39 is 0 Å². The molecule has 0 N–H and O–H groups in total. The van der Waals surface area contributed by atoms with Crippen LogP contribution in [0.5, 0.6) is 0 Å². The number of hydrogen-bond acceptors (Lipinski definition) is 2. The van der Waals surface area contributed by atoms with Crippen molar-refractivity contribution in [2.75, 3.05) is 29.3 Å². The van der Waals surface area contributed by atoms with Crippen LogP contribution in [-0.2, 0) is 9.59 Å². The maximum absolute atomic E-state index is 11.8. The fourth-order valence-corrected chi connectivity index (χ4v) is 2.24. The number of likely N-dealkylation sites (N-methyl/N-ethyl adjacent to an activating group) is 1. The number of alkyl halides is 1. The van der Waals surface area contributed by atoms with Gasteiger partial charge in [0.2, 0.25) is 11.8 Å². The minimum atomic E-state index is -0.267. The summed E-state index contributed by atoms with van der Waals surface area (Å²) in [5.41, 5.74) is 1.41. The van der Waals surface area contributed by atoms with Crippen molar-refractivity contribution < 1.29 is 9.59 Å². The van der Waals surface area contributed by atoms with Crippen molar-refractivity contribution in [3.05, 3.63) is 22.7 Å². The predicted molar refractivity (Wildman–Crippen MR) is 70.6 cm³/mol. The zero-order valence-corrected chi connectivity index (χ0v) is 11.5. The van der Waals surface area contributed by atoms with Crippen molar-refractivity contribution >= 4 is 50.7 Å². The van der Waals surface area contributed by atoms with E-state index in [1.54, 1.807) is 19.2 Å². The molecule has 0 aromatic heterocycles. The molecular formula is C11H10BrClN2O2. The van der Waals surface area contributed by atoms with Gasteiger partial charge < -0.3 is 4.90 Å². The molecule has 0 unspecified atom stereocenters. The summed E-state index contributed by atoms with van der Waals surface area (Å²) in [4.78, 5) is 26.4. The number of fused-ring (bicyclic) bond motifs is 1. The Kier molecular flexibility index (Phi) is 3.40. The van der Waals surface area contributed by atoms with Gasteiger partial charge in [-0.15, -0.1) is 11.6 Å². The normalized spacial score (nSPS) is 14.9. The molecule has 4 nitrogen and oxygen atoms in total. The van der Waals surface area contributed by atoms with E-state index in [1.807, 2.05) is 6.07 Å². The lowest BCUT2D eigenvalue weighted by molar-refractivity contribution is -0.121. The van der Waals surface area contributed by atoms with Crippen LogP contribution in [0, 0.1) is 0 Å². The number of rotatable bonds is 1. The van der Waals surface area contributed by atoms with E-state index in [0.717, 1.165) is 4.47 Å². The summed E-state index contributed by atoms with van der Waals surface area (Å²) in [6.45, 7) is 0.0384. The first-order valence-electron chi connectivity index (χ1n) is 4.97. The smallest absolute Gasteiger partial charge is 0.246 e. The molecule has 0 radical (unpaired) electrons. The summed E-state index contributed by atoms with van der Waals surface area (Å²) in [7, 11) is 1.69. The van der Waals surface area contributed by atoms with Crippen molar-refractivity contribution in [3.63, 3.8) is 0 Å². The molecule has 90 valence electrons. The molecule has 0 fully saturated rings. The Bertz CT molecular complexity index is 492. The molecule has 0 bridgehead atoms. The molecule has 2 amide bonds. The van der Waals surface area contributed by atoms with Crippen LogP contribution in [0.2, 0.25) is 0 Å². The Morgan fingerprint density at radius 1 is 1.47 bits per heavy atom. The molecule has 2 rings (SSSR count). The average molecular weight is 318 g/mol. The average Bonchev–Trinajstić information content (AvgIpc) is 2.33. The number of hydrogen-bond donors (Lipinski definition) is 0. The fraction of sp³-hybridized carbons (Fsp3) is 0.273. The van der Waals surface area contributed by atoms with Gasteiger partial charge in [-0.25, -0.2) is 0 Å². The lowest BCUT2D eigenvalue weighted by Gasteiger charge is -2.33. The molecule has 17 heavy (non-hydrogen) atoms. The molecule has 1 aliphatic heterocycles. The summed E-state index contributed by atoms with van der Waals surface area (Å²) in [5.74, 6) is -0.530. The van der Waals surface area contributed by atoms with Gasteiger partial charge in [0.05, 0.1) is 11.4 Å². The van der Waals surface area contributed by atoms with Gasteiger partial charge in [-0.1, -0.05) is 15.9 Å². The van der Waals surface area contributed by atoms with Crippen LogP contribution in [0.15, 0.2) is 22.7 Å². The lowest BCUT2D eigenvalue weighted by atomic mass is 10.1. The van der Waals surface area contributed by atoms with Crippen LogP contribution >= 0.6 is 27.5 Å². The van der Waals surface area contributed by atoms with E-state index in [9.17, 15) is 9.59 Å².